The second kappa shape index (κ2) is 10.3. The van der Waals surface area contributed by atoms with E-state index in [0.717, 1.165) is 29.7 Å². The Morgan fingerprint density at radius 3 is 2.45 bits per heavy atom. The van der Waals surface area contributed by atoms with Gasteiger partial charge in [-0.3, -0.25) is 4.79 Å². The Balaban J connectivity index is 1.68. The average Bonchev–Trinajstić information content (AvgIpc) is 2.68. The first-order valence-corrected chi connectivity index (χ1v) is 10.7. The molecule has 31 heavy (non-hydrogen) atoms. The summed E-state index contributed by atoms with van der Waals surface area (Å²) in [5.41, 5.74) is 1.03. The van der Waals surface area contributed by atoms with Crippen LogP contribution in [0.15, 0.2) is 54.6 Å². The third-order valence-electron chi connectivity index (χ3n) is 4.92. The number of ether oxygens (including phenoxy) is 3. The first-order valence-electron chi connectivity index (χ1n) is 10.7. The molecule has 1 amide bonds. The van der Waals surface area contributed by atoms with Gasteiger partial charge in [0.05, 0.1) is 18.6 Å². The molecule has 1 atom stereocenters. The number of amides is 1. The molecule has 2 aromatic carbocycles. The van der Waals surface area contributed by atoms with E-state index in [-0.39, 0.29) is 19.1 Å². The monoisotopic (exact) mass is 425 g/mol. The van der Waals surface area contributed by atoms with Crippen LogP contribution in [0.4, 0.5) is 4.79 Å². The predicted octanol–water partition coefficient (Wildman–Crippen LogP) is 5.32. The van der Waals surface area contributed by atoms with Crippen molar-refractivity contribution >= 4 is 12.1 Å². The summed E-state index contributed by atoms with van der Waals surface area (Å²) in [5, 5.41) is 2.81. The summed E-state index contributed by atoms with van der Waals surface area (Å²) in [6.45, 7) is 5.57. The minimum Gasteiger partial charge on any atom is -0.490 e. The second-order valence-electron chi connectivity index (χ2n) is 8.79. The number of carbonyl (C=O) groups is 2. The highest BCUT2D eigenvalue weighted by Gasteiger charge is 2.24. The standard InChI is InChI=1S/C25H31NO5/c1-25(2,3)31-24(28)26-22(16-23(27)29-17-18-9-5-4-6-10-18)19-11-7-14-21(15-19)30-20-12-8-13-20/h4-7,9-11,14-15,20,22H,8,12-13,16-17H2,1-3H3,(H,26,28). The van der Waals surface area contributed by atoms with Crippen LogP contribution in [0.3, 0.4) is 0 Å². The third kappa shape index (κ3) is 7.63. The zero-order valence-electron chi connectivity index (χ0n) is 18.4. The molecular weight excluding hydrogens is 394 g/mol. The van der Waals surface area contributed by atoms with Crippen molar-refractivity contribution < 1.29 is 23.8 Å². The topological polar surface area (TPSA) is 73.9 Å². The molecule has 3 rings (SSSR count). The fourth-order valence-corrected chi connectivity index (χ4v) is 3.15. The molecule has 1 unspecified atom stereocenters. The van der Waals surface area contributed by atoms with Crippen LogP contribution in [-0.4, -0.2) is 23.8 Å². The molecule has 0 bridgehead atoms. The Morgan fingerprint density at radius 1 is 1.06 bits per heavy atom. The summed E-state index contributed by atoms with van der Waals surface area (Å²) in [7, 11) is 0. The van der Waals surface area contributed by atoms with Gasteiger partial charge in [-0.1, -0.05) is 42.5 Å². The summed E-state index contributed by atoms with van der Waals surface area (Å²) >= 11 is 0. The number of rotatable bonds is 8. The molecule has 1 N–H and O–H groups in total. The zero-order valence-corrected chi connectivity index (χ0v) is 18.4. The van der Waals surface area contributed by atoms with Crippen molar-refractivity contribution in [2.75, 3.05) is 0 Å². The second-order valence-corrected chi connectivity index (χ2v) is 8.79. The quantitative estimate of drug-likeness (QED) is 0.580. The van der Waals surface area contributed by atoms with Crippen LogP contribution < -0.4 is 10.1 Å². The summed E-state index contributed by atoms with van der Waals surface area (Å²) in [6.07, 6.45) is 2.92. The van der Waals surface area contributed by atoms with Crippen molar-refractivity contribution in [3.05, 3.63) is 65.7 Å². The van der Waals surface area contributed by atoms with Gasteiger partial charge in [0.1, 0.15) is 18.0 Å². The van der Waals surface area contributed by atoms with Crippen LogP contribution >= 0.6 is 0 Å². The Kier molecular flexibility index (Phi) is 7.55. The highest BCUT2D eigenvalue weighted by atomic mass is 16.6. The molecule has 2 aromatic rings. The highest BCUT2D eigenvalue weighted by molar-refractivity contribution is 5.73. The van der Waals surface area contributed by atoms with E-state index in [1.807, 2.05) is 54.6 Å². The van der Waals surface area contributed by atoms with Gasteiger partial charge in [0.15, 0.2) is 0 Å². The van der Waals surface area contributed by atoms with Crippen molar-refractivity contribution in [1.82, 2.24) is 5.32 Å². The fourth-order valence-electron chi connectivity index (χ4n) is 3.15. The number of benzene rings is 2. The van der Waals surface area contributed by atoms with Crippen LogP contribution in [0.25, 0.3) is 0 Å². The molecule has 0 saturated heterocycles. The average molecular weight is 426 g/mol. The Morgan fingerprint density at radius 2 is 1.81 bits per heavy atom. The van der Waals surface area contributed by atoms with Crippen molar-refractivity contribution in [3.63, 3.8) is 0 Å². The lowest BCUT2D eigenvalue weighted by Gasteiger charge is -2.27. The van der Waals surface area contributed by atoms with E-state index < -0.39 is 23.7 Å². The first kappa shape index (κ1) is 22.7. The van der Waals surface area contributed by atoms with E-state index in [4.69, 9.17) is 14.2 Å². The van der Waals surface area contributed by atoms with Gasteiger partial charge >= 0.3 is 12.1 Å². The number of hydrogen-bond acceptors (Lipinski definition) is 5. The molecule has 0 heterocycles. The van der Waals surface area contributed by atoms with Gasteiger partial charge in [-0.15, -0.1) is 0 Å². The summed E-state index contributed by atoms with van der Waals surface area (Å²) < 4.78 is 16.8. The van der Waals surface area contributed by atoms with Crippen LogP contribution in [0, 0.1) is 0 Å². The Hall–Kier alpha value is -3.02. The van der Waals surface area contributed by atoms with Crippen LogP contribution in [0.1, 0.15) is 63.6 Å². The summed E-state index contributed by atoms with van der Waals surface area (Å²) in [6, 6.07) is 16.4. The van der Waals surface area contributed by atoms with Gasteiger partial charge in [0.25, 0.3) is 0 Å². The number of nitrogens with one attached hydrogen (secondary N) is 1. The third-order valence-corrected chi connectivity index (χ3v) is 4.92. The first-order chi connectivity index (χ1) is 14.8. The van der Waals surface area contributed by atoms with E-state index >= 15 is 0 Å². The maximum absolute atomic E-state index is 12.5. The van der Waals surface area contributed by atoms with E-state index in [2.05, 4.69) is 5.32 Å². The molecule has 0 aliphatic heterocycles. The number of alkyl carbamates (subject to hydrolysis) is 1. The molecule has 0 radical (unpaired) electrons. The predicted molar refractivity (Wildman–Crippen MR) is 118 cm³/mol. The van der Waals surface area contributed by atoms with Crippen LogP contribution in [0.2, 0.25) is 0 Å². The van der Waals surface area contributed by atoms with Gasteiger partial charge < -0.3 is 19.5 Å². The number of carbonyl (C=O) groups excluding carboxylic acids is 2. The molecule has 1 saturated carbocycles. The summed E-state index contributed by atoms with van der Waals surface area (Å²) in [5.74, 6) is 0.325. The lowest BCUT2D eigenvalue weighted by molar-refractivity contribution is -0.145. The smallest absolute Gasteiger partial charge is 0.408 e. The minimum atomic E-state index is -0.641. The molecule has 1 fully saturated rings. The van der Waals surface area contributed by atoms with Crippen LogP contribution in [-0.2, 0) is 20.9 Å². The van der Waals surface area contributed by atoms with Crippen molar-refractivity contribution in [2.45, 2.75) is 70.8 Å². The van der Waals surface area contributed by atoms with Crippen LogP contribution in [0.5, 0.6) is 5.75 Å². The minimum absolute atomic E-state index is 0.0149. The van der Waals surface area contributed by atoms with E-state index in [1.165, 1.54) is 6.42 Å². The normalized spacial score (nSPS) is 14.8. The molecule has 6 nitrogen and oxygen atoms in total. The SMILES string of the molecule is CC(C)(C)OC(=O)NC(CC(=O)OCc1ccccc1)c1cccc(OC2CCC2)c1. The molecule has 1 aliphatic carbocycles. The molecule has 0 spiro atoms. The maximum Gasteiger partial charge on any atom is 0.408 e. The van der Waals surface area contributed by atoms with Gasteiger partial charge in [0.2, 0.25) is 0 Å². The maximum atomic E-state index is 12.5. The molecule has 166 valence electrons. The Labute approximate surface area is 183 Å². The van der Waals surface area contributed by atoms with Crippen molar-refractivity contribution in [1.29, 1.82) is 0 Å². The highest BCUT2D eigenvalue weighted by Crippen LogP contribution is 2.28. The van der Waals surface area contributed by atoms with E-state index in [9.17, 15) is 9.59 Å². The van der Waals surface area contributed by atoms with Gasteiger partial charge in [0, 0.05) is 0 Å². The Bertz CT molecular complexity index is 871. The number of hydrogen-bond donors (Lipinski definition) is 1. The van der Waals surface area contributed by atoms with Crippen molar-refractivity contribution in [2.24, 2.45) is 0 Å². The van der Waals surface area contributed by atoms with Gasteiger partial charge in [-0.05, 0) is 63.3 Å². The molecule has 1 aliphatic rings. The fraction of sp³-hybridized carbons (Fsp3) is 0.440. The zero-order chi connectivity index (χ0) is 22.3. The lowest BCUT2D eigenvalue weighted by Crippen LogP contribution is -2.36. The van der Waals surface area contributed by atoms with Gasteiger partial charge in [-0.25, -0.2) is 4.79 Å². The lowest BCUT2D eigenvalue weighted by atomic mass is 9.96. The molecule has 0 aromatic heterocycles. The summed E-state index contributed by atoms with van der Waals surface area (Å²) in [4.78, 5) is 24.9. The van der Waals surface area contributed by atoms with E-state index in [1.54, 1.807) is 20.8 Å². The van der Waals surface area contributed by atoms with Gasteiger partial charge in [-0.2, -0.15) is 0 Å². The molecular formula is C25H31NO5. The number of esters is 1. The molecule has 6 heteroatoms. The van der Waals surface area contributed by atoms with E-state index in [0.29, 0.717) is 0 Å². The van der Waals surface area contributed by atoms with Crippen molar-refractivity contribution in [3.8, 4) is 5.75 Å². The largest absolute Gasteiger partial charge is 0.490 e.